The second kappa shape index (κ2) is 2.95. The molecular formula is C14H6N4O. The molecule has 0 saturated heterocycles. The highest BCUT2D eigenvalue weighted by atomic mass is 16.6. The summed E-state index contributed by atoms with van der Waals surface area (Å²) in [6.45, 7) is 0. The lowest BCUT2D eigenvalue weighted by Gasteiger charge is -1.99. The van der Waals surface area contributed by atoms with Gasteiger partial charge in [0.05, 0.1) is 0 Å². The maximum atomic E-state index is 4.68. The first-order valence-electron chi connectivity index (χ1n) is 5.94. The van der Waals surface area contributed by atoms with E-state index in [2.05, 4.69) is 49.2 Å². The number of rotatable bonds is 0. The third-order valence-electron chi connectivity index (χ3n) is 3.53. The topological polar surface area (TPSA) is 64.7 Å². The zero-order valence-electron chi connectivity index (χ0n) is 9.66. The Kier molecular flexibility index (Phi) is 1.42. The number of hydrogen-bond donors (Lipinski definition) is 0. The van der Waals surface area contributed by atoms with Gasteiger partial charge >= 0.3 is 0 Å². The van der Waals surface area contributed by atoms with Crippen LogP contribution < -0.4 is 0 Å². The Morgan fingerprint density at radius 2 is 1.32 bits per heavy atom. The van der Waals surface area contributed by atoms with Gasteiger partial charge in [-0.2, -0.15) is 0 Å². The molecule has 2 aromatic carbocycles. The molecule has 2 heterocycles. The molecule has 19 heavy (non-hydrogen) atoms. The highest BCUT2D eigenvalue weighted by molar-refractivity contribution is 6.13. The summed E-state index contributed by atoms with van der Waals surface area (Å²) >= 11 is 0. The molecule has 5 nitrogen and oxygen atoms in total. The number of hydrogen-bond acceptors (Lipinski definition) is 5. The van der Waals surface area contributed by atoms with Gasteiger partial charge in [-0.05, 0) is 15.7 Å². The third-order valence-corrected chi connectivity index (χ3v) is 3.53. The molecule has 0 amide bonds. The Bertz CT molecular complexity index is 901. The van der Waals surface area contributed by atoms with Crippen molar-refractivity contribution in [3.63, 3.8) is 0 Å². The Balaban J connectivity index is 2.05. The van der Waals surface area contributed by atoms with Crippen molar-refractivity contribution in [3.05, 3.63) is 36.4 Å². The van der Waals surface area contributed by atoms with Crippen molar-refractivity contribution >= 4 is 22.1 Å². The van der Waals surface area contributed by atoms with Gasteiger partial charge in [0.2, 0.25) is 11.3 Å². The van der Waals surface area contributed by atoms with E-state index in [0.29, 0.717) is 11.3 Å². The quantitative estimate of drug-likeness (QED) is 0.420. The summed E-state index contributed by atoms with van der Waals surface area (Å²) < 4.78 is 4.68. The lowest BCUT2D eigenvalue weighted by Crippen LogP contribution is -1.89. The van der Waals surface area contributed by atoms with E-state index in [-0.39, 0.29) is 0 Å². The predicted octanol–water partition coefficient (Wildman–Crippen LogP) is 2.81. The van der Waals surface area contributed by atoms with Crippen LogP contribution in [-0.2, 0) is 0 Å². The third kappa shape index (κ3) is 1.01. The van der Waals surface area contributed by atoms with E-state index in [9.17, 15) is 0 Å². The second-order valence-electron chi connectivity index (χ2n) is 4.54. The van der Waals surface area contributed by atoms with Crippen LogP contribution in [0, 0.1) is 0 Å². The van der Waals surface area contributed by atoms with Crippen LogP contribution in [0.4, 0.5) is 0 Å². The van der Waals surface area contributed by atoms with E-state index in [4.69, 9.17) is 0 Å². The van der Waals surface area contributed by atoms with Gasteiger partial charge in [0.25, 0.3) is 0 Å². The minimum Gasteiger partial charge on any atom is -0.240 e. The first kappa shape index (κ1) is 9.16. The smallest absolute Gasteiger partial charge is 0.240 e. The standard InChI is InChI=1S/C14H6N4O/c1-3-7-4-2-6-9-10(7)8(5-1)11-12(9)16-14-13(15-11)17-19-18-14/h1-6H. The number of aromatic nitrogens is 4. The van der Waals surface area contributed by atoms with E-state index in [1.807, 2.05) is 12.1 Å². The molecular weight excluding hydrogens is 240 g/mol. The summed E-state index contributed by atoms with van der Waals surface area (Å²) in [4.78, 5) is 9.05. The fraction of sp³-hybridized carbons (Fsp3) is 0. The monoisotopic (exact) mass is 246 g/mol. The zero-order valence-corrected chi connectivity index (χ0v) is 9.66. The van der Waals surface area contributed by atoms with Gasteiger partial charge in [-0.25, -0.2) is 14.6 Å². The van der Waals surface area contributed by atoms with E-state index in [1.54, 1.807) is 0 Å². The number of fused-ring (bicyclic) bond motifs is 4. The van der Waals surface area contributed by atoms with E-state index in [1.165, 1.54) is 10.8 Å². The average Bonchev–Trinajstić information content (AvgIpc) is 3.02. The highest BCUT2D eigenvalue weighted by Crippen LogP contribution is 2.45. The van der Waals surface area contributed by atoms with Gasteiger partial charge in [0.1, 0.15) is 11.4 Å². The molecule has 2 aromatic heterocycles. The highest BCUT2D eigenvalue weighted by Gasteiger charge is 2.25. The Hall–Kier alpha value is -2.82. The molecule has 0 aliphatic heterocycles. The first-order chi connectivity index (χ1) is 9.42. The summed E-state index contributed by atoms with van der Waals surface area (Å²) in [5, 5.41) is 9.92. The van der Waals surface area contributed by atoms with Crippen molar-refractivity contribution < 1.29 is 4.63 Å². The minimum atomic E-state index is 0.448. The largest absolute Gasteiger partial charge is 0.243 e. The second-order valence-corrected chi connectivity index (χ2v) is 4.54. The van der Waals surface area contributed by atoms with Crippen LogP contribution in [0.3, 0.4) is 0 Å². The summed E-state index contributed by atoms with van der Waals surface area (Å²) in [5.41, 5.74) is 4.80. The average molecular weight is 246 g/mol. The maximum absolute atomic E-state index is 4.68. The van der Waals surface area contributed by atoms with Gasteiger partial charge in [-0.3, -0.25) is 0 Å². The van der Waals surface area contributed by atoms with Gasteiger partial charge in [-0.1, -0.05) is 36.4 Å². The molecule has 0 saturated carbocycles. The van der Waals surface area contributed by atoms with Crippen molar-refractivity contribution in [1.82, 2.24) is 20.3 Å². The van der Waals surface area contributed by atoms with Gasteiger partial charge in [0, 0.05) is 16.5 Å². The summed E-state index contributed by atoms with van der Waals surface area (Å²) in [6.07, 6.45) is 0. The van der Waals surface area contributed by atoms with E-state index < -0.39 is 0 Å². The van der Waals surface area contributed by atoms with Gasteiger partial charge in [-0.15, -0.1) is 0 Å². The van der Waals surface area contributed by atoms with Crippen molar-refractivity contribution in [3.8, 4) is 22.5 Å². The van der Waals surface area contributed by atoms with Gasteiger partial charge < -0.3 is 0 Å². The number of nitrogens with zero attached hydrogens (tertiary/aromatic N) is 4. The Morgan fingerprint density at radius 1 is 0.737 bits per heavy atom. The molecule has 0 atom stereocenters. The van der Waals surface area contributed by atoms with Crippen molar-refractivity contribution in [2.45, 2.75) is 0 Å². The molecule has 5 heteroatoms. The van der Waals surface area contributed by atoms with Crippen LogP contribution in [0.2, 0.25) is 0 Å². The molecule has 0 fully saturated rings. The van der Waals surface area contributed by atoms with Crippen molar-refractivity contribution in [1.29, 1.82) is 0 Å². The van der Waals surface area contributed by atoms with Gasteiger partial charge in [0.15, 0.2) is 0 Å². The minimum absolute atomic E-state index is 0.448. The SMILES string of the molecule is c1cc2c3c(cccc3c1)-c1nc3nonc3nc1-2. The molecule has 88 valence electrons. The molecule has 0 unspecified atom stereocenters. The van der Waals surface area contributed by atoms with Crippen LogP contribution >= 0.6 is 0 Å². The molecule has 0 bridgehead atoms. The summed E-state index contributed by atoms with van der Waals surface area (Å²) in [5.74, 6) is 0. The maximum Gasteiger partial charge on any atom is 0.243 e. The van der Waals surface area contributed by atoms with Crippen molar-refractivity contribution in [2.24, 2.45) is 0 Å². The first-order valence-corrected chi connectivity index (χ1v) is 5.94. The summed E-state index contributed by atoms with van der Waals surface area (Å²) in [7, 11) is 0. The molecule has 5 rings (SSSR count). The number of benzene rings is 2. The summed E-state index contributed by atoms with van der Waals surface area (Å²) in [6, 6.07) is 12.4. The fourth-order valence-corrected chi connectivity index (χ4v) is 2.75. The van der Waals surface area contributed by atoms with E-state index in [0.717, 1.165) is 22.5 Å². The predicted molar refractivity (Wildman–Crippen MR) is 69.3 cm³/mol. The fourth-order valence-electron chi connectivity index (χ4n) is 2.75. The molecule has 1 aliphatic rings. The molecule has 0 N–H and O–H groups in total. The van der Waals surface area contributed by atoms with Crippen LogP contribution in [-0.4, -0.2) is 20.3 Å². The lowest BCUT2D eigenvalue weighted by molar-refractivity contribution is 0.314. The van der Waals surface area contributed by atoms with Crippen LogP contribution in [0.1, 0.15) is 0 Å². The lowest BCUT2D eigenvalue weighted by atomic mass is 10.0. The van der Waals surface area contributed by atoms with Crippen LogP contribution in [0.5, 0.6) is 0 Å². The molecule has 4 aromatic rings. The Morgan fingerprint density at radius 3 is 1.89 bits per heavy atom. The molecule has 0 radical (unpaired) electrons. The van der Waals surface area contributed by atoms with Crippen LogP contribution in [0.25, 0.3) is 44.6 Å². The molecule has 0 spiro atoms. The van der Waals surface area contributed by atoms with E-state index >= 15 is 0 Å². The normalized spacial score (nSPS) is 12.2. The Labute approximate surface area is 106 Å². The zero-order chi connectivity index (χ0) is 12.4. The van der Waals surface area contributed by atoms with Crippen molar-refractivity contribution in [2.75, 3.05) is 0 Å². The molecule has 1 aliphatic carbocycles. The van der Waals surface area contributed by atoms with Crippen LogP contribution in [0.15, 0.2) is 41.0 Å².